The van der Waals surface area contributed by atoms with Gasteiger partial charge in [0.15, 0.2) is 0 Å². The Labute approximate surface area is 224 Å². The zero-order valence-electron chi connectivity index (χ0n) is 21.1. The molecule has 0 saturated heterocycles. The molecule has 0 fully saturated rings. The summed E-state index contributed by atoms with van der Waals surface area (Å²) in [6.45, 7) is 0. The van der Waals surface area contributed by atoms with E-state index < -0.39 is 0 Å². The van der Waals surface area contributed by atoms with Crippen molar-refractivity contribution in [2.24, 2.45) is 0 Å². The number of fused-ring (bicyclic) bond motifs is 11. The number of rotatable bonds is 2. The third-order valence-corrected chi connectivity index (χ3v) is 8.22. The SMILES string of the molecule is c1ccc(-n2c3ccccc3c3c2ccc2c4ccc5[nH]c6ccccc6c5c4n(-c4ccccc4)c23)cc1. The van der Waals surface area contributed by atoms with Gasteiger partial charge in [0, 0.05) is 54.7 Å². The Morgan fingerprint density at radius 3 is 1.72 bits per heavy atom. The number of benzene rings is 6. The molecule has 0 atom stereocenters. The van der Waals surface area contributed by atoms with E-state index in [0.29, 0.717) is 0 Å². The molecule has 0 aliphatic carbocycles. The number of nitrogens with one attached hydrogen (secondary N) is 1. The van der Waals surface area contributed by atoms with Crippen molar-refractivity contribution in [3.63, 3.8) is 0 Å². The Bertz CT molecular complexity index is 2370. The minimum absolute atomic E-state index is 1.16. The quantitative estimate of drug-likeness (QED) is 0.246. The number of hydrogen-bond donors (Lipinski definition) is 1. The Kier molecular flexibility index (Phi) is 4.05. The molecule has 0 radical (unpaired) electrons. The molecule has 3 nitrogen and oxygen atoms in total. The highest BCUT2D eigenvalue weighted by Gasteiger charge is 2.22. The van der Waals surface area contributed by atoms with E-state index in [1.54, 1.807) is 0 Å². The molecule has 39 heavy (non-hydrogen) atoms. The molecule has 0 amide bonds. The minimum atomic E-state index is 1.16. The predicted molar refractivity (Wildman–Crippen MR) is 164 cm³/mol. The largest absolute Gasteiger partial charge is 0.354 e. The lowest BCUT2D eigenvalue weighted by atomic mass is 10.1. The molecule has 3 heteroatoms. The average molecular weight is 498 g/mol. The maximum absolute atomic E-state index is 3.67. The van der Waals surface area contributed by atoms with Crippen LogP contribution in [-0.2, 0) is 0 Å². The van der Waals surface area contributed by atoms with Crippen LogP contribution in [0.5, 0.6) is 0 Å². The van der Waals surface area contributed by atoms with Gasteiger partial charge in [0.05, 0.1) is 22.1 Å². The summed E-state index contributed by atoms with van der Waals surface area (Å²) in [5, 5.41) is 7.59. The Morgan fingerprint density at radius 2 is 0.949 bits per heavy atom. The van der Waals surface area contributed by atoms with Crippen LogP contribution in [0.25, 0.3) is 76.8 Å². The lowest BCUT2D eigenvalue weighted by molar-refractivity contribution is 1.18. The second-order valence-electron chi connectivity index (χ2n) is 10.3. The first-order valence-electron chi connectivity index (χ1n) is 13.4. The molecule has 0 aliphatic rings. The van der Waals surface area contributed by atoms with Crippen LogP contribution in [0.2, 0.25) is 0 Å². The van der Waals surface area contributed by atoms with Crippen LogP contribution >= 0.6 is 0 Å². The zero-order valence-corrected chi connectivity index (χ0v) is 21.1. The summed E-state index contributed by atoms with van der Waals surface area (Å²) in [5.41, 5.74) is 9.58. The number of para-hydroxylation sites is 4. The molecule has 3 heterocycles. The van der Waals surface area contributed by atoms with E-state index >= 15 is 0 Å². The fraction of sp³-hybridized carbons (Fsp3) is 0. The first-order valence-corrected chi connectivity index (χ1v) is 13.4. The molecule has 9 rings (SSSR count). The van der Waals surface area contributed by atoms with Crippen LogP contribution in [0, 0.1) is 0 Å². The van der Waals surface area contributed by atoms with Gasteiger partial charge in [-0.2, -0.15) is 0 Å². The molecular weight excluding hydrogens is 474 g/mol. The van der Waals surface area contributed by atoms with Crippen molar-refractivity contribution >= 4 is 65.4 Å². The summed E-state index contributed by atoms with van der Waals surface area (Å²) in [6.07, 6.45) is 0. The molecule has 3 aromatic heterocycles. The third kappa shape index (κ3) is 2.71. The Balaban J connectivity index is 1.59. The second kappa shape index (κ2) is 7.62. The van der Waals surface area contributed by atoms with Crippen LogP contribution in [0.1, 0.15) is 0 Å². The van der Waals surface area contributed by atoms with Crippen molar-refractivity contribution in [3.8, 4) is 11.4 Å². The van der Waals surface area contributed by atoms with E-state index in [4.69, 9.17) is 0 Å². The fourth-order valence-corrected chi connectivity index (χ4v) is 6.67. The molecule has 0 aliphatic heterocycles. The molecule has 1 N–H and O–H groups in total. The normalized spacial score (nSPS) is 12.1. The summed E-state index contributed by atoms with van der Waals surface area (Å²) in [4.78, 5) is 3.67. The predicted octanol–water partition coefficient (Wildman–Crippen LogP) is 9.52. The Hall–Kier alpha value is -5.28. The van der Waals surface area contributed by atoms with Gasteiger partial charge in [0.25, 0.3) is 0 Å². The smallest absolute Gasteiger partial charge is 0.0641 e. The van der Waals surface area contributed by atoms with Crippen molar-refractivity contribution < 1.29 is 0 Å². The summed E-state index contributed by atoms with van der Waals surface area (Å²) in [7, 11) is 0. The number of H-pyrrole nitrogens is 1. The van der Waals surface area contributed by atoms with Gasteiger partial charge in [-0.05, 0) is 48.5 Å². The van der Waals surface area contributed by atoms with Gasteiger partial charge in [0.2, 0.25) is 0 Å². The van der Waals surface area contributed by atoms with Crippen molar-refractivity contribution in [2.75, 3.05) is 0 Å². The molecule has 182 valence electrons. The number of aromatic nitrogens is 3. The van der Waals surface area contributed by atoms with E-state index in [-0.39, 0.29) is 0 Å². The van der Waals surface area contributed by atoms with Gasteiger partial charge in [-0.3, -0.25) is 0 Å². The van der Waals surface area contributed by atoms with Crippen LogP contribution < -0.4 is 0 Å². The molecule has 0 unspecified atom stereocenters. The van der Waals surface area contributed by atoms with Crippen LogP contribution in [0.3, 0.4) is 0 Å². The maximum Gasteiger partial charge on any atom is 0.0641 e. The standard InChI is InChI=1S/C36H23N3/c1-3-11-23(12-4-1)38-31-18-10-8-16-28(31)34-32(38)22-20-26-25-19-21-30-33(27-15-7-9-17-29(27)37-30)35(25)39(36(26)34)24-13-5-2-6-14-24/h1-22,37H. The monoisotopic (exact) mass is 497 g/mol. The van der Waals surface area contributed by atoms with Gasteiger partial charge in [-0.15, -0.1) is 0 Å². The van der Waals surface area contributed by atoms with Crippen molar-refractivity contribution in [2.45, 2.75) is 0 Å². The summed E-state index contributed by atoms with van der Waals surface area (Å²) in [6, 6.07) is 48.1. The molecular formula is C36H23N3. The Morgan fingerprint density at radius 1 is 0.359 bits per heavy atom. The van der Waals surface area contributed by atoms with E-state index in [1.165, 1.54) is 65.8 Å². The average Bonchev–Trinajstić information content (AvgIpc) is 3.65. The summed E-state index contributed by atoms with van der Waals surface area (Å²) < 4.78 is 4.90. The number of aromatic amines is 1. The van der Waals surface area contributed by atoms with Crippen molar-refractivity contribution in [1.82, 2.24) is 14.1 Å². The van der Waals surface area contributed by atoms with Gasteiger partial charge in [0.1, 0.15) is 0 Å². The highest BCUT2D eigenvalue weighted by Crippen LogP contribution is 2.44. The van der Waals surface area contributed by atoms with Crippen LogP contribution in [0.15, 0.2) is 133 Å². The highest BCUT2D eigenvalue weighted by atomic mass is 15.0. The van der Waals surface area contributed by atoms with Crippen LogP contribution in [0.4, 0.5) is 0 Å². The molecule has 6 aromatic carbocycles. The minimum Gasteiger partial charge on any atom is -0.354 e. The summed E-state index contributed by atoms with van der Waals surface area (Å²) in [5.74, 6) is 0. The molecule has 0 spiro atoms. The van der Waals surface area contributed by atoms with Crippen molar-refractivity contribution in [1.29, 1.82) is 0 Å². The van der Waals surface area contributed by atoms with Gasteiger partial charge in [-0.1, -0.05) is 84.9 Å². The summed E-state index contributed by atoms with van der Waals surface area (Å²) >= 11 is 0. The second-order valence-corrected chi connectivity index (χ2v) is 10.3. The molecule has 0 saturated carbocycles. The fourth-order valence-electron chi connectivity index (χ4n) is 6.67. The zero-order chi connectivity index (χ0) is 25.5. The van der Waals surface area contributed by atoms with E-state index in [1.807, 2.05) is 0 Å². The van der Waals surface area contributed by atoms with Gasteiger partial charge in [-0.25, -0.2) is 0 Å². The first kappa shape index (κ1) is 20.7. The number of nitrogens with zero attached hydrogens (tertiary/aromatic N) is 2. The van der Waals surface area contributed by atoms with Crippen molar-refractivity contribution in [3.05, 3.63) is 133 Å². The van der Waals surface area contributed by atoms with E-state index in [0.717, 1.165) is 11.0 Å². The topological polar surface area (TPSA) is 25.6 Å². The van der Waals surface area contributed by atoms with Crippen LogP contribution in [-0.4, -0.2) is 14.1 Å². The molecule has 0 bridgehead atoms. The highest BCUT2D eigenvalue weighted by molar-refractivity contribution is 6.31. The first-order chi connectivity index (χ1) is 19.4. The lowest BCUT2D eigenvalue weighted by Crippen LogP contribution is -1.95. The van der Waals surface area contributed by atoms with Gasteiger partial charge < -0.3 is 14.1 Å². The maximum atomic E-state index is 3.67. The third-order valence-electron chi connectivity index (χ3n) is 8.22. The van der Waals surface area contributed by atoms with E-state index in [2.05, 4.69) is 148 Å². The number of hydrogen-bond acceptors (Lipinski definition) is 0. The molecule has 9 aromatic rings. The van der Waals surface area contributed by atoms with Gasteiger partial charge >= 0.3 is 0 Å². The lowest BCUT2D eigenvalue weighted by Gasteiger charge is -2.10. The van der Waals surface area contributed by atoms with E-state index in [9.17, 15) is 0 Å².